The van der Waals surface area contributed by atoms with Crippen LogP contribution in [0.25, 0.3) is 0 Å². The lowest BCUT2D eigenvalue weighted by atomic mass is 10.2. The van der Waals surface area contributed by atoms with Gasteiger partial charge in [-0.3, -0.25) is 4.68 Å². The third-order valence-electron chi connectivity index (χ3n) is 3.00. The van der Waals surface area contributed by atoms with Crippen LogP contribution in [0.1, 0.15) is 17.0 Å². The Balaban J connectivity index is 2.19. The molecule has 1 aromatic carbocycles. The summed E-state index contributed by atoms with van der Waals surface area (Å²) in [5.74, 6) is -0.0379. The molecule has 0 unspecified atom stereocenters. The lowest BCUT2D eigenvalue weighted by Crippen LogP contribution is -2.15. The fourth-order valence-corrected chi connectivity index (χ4v) is 3.23. The van der Waals surface area contributed by atoms with E-state index in [-0.39, 0.29) is 10.6 Å². The van der Waals surface area contributed by atoms with Crippen molar-refractivity contribution < 1.29 is 8.42 Å². The molecule has 0 spiro atoms. The fourth-order valence-electron chi connectivity index (χ4n) is 1.98. The summed E-state index contributed by atoms with van der Waals surface area (Å²) in [6.07, 6.45) is 0. The van der Waals surface area contributed by atoms with Gasteiger partial charge in [0.1, 0.15) is 0 Å². The molecule has 0 bridgehead atoms. The van der Waals surface area contributed by atoms with Gasteiger partial charge in [-0.15, -0.1) is 0 Å². The van der Waals surface area contributed by atoms with Gasteiger partial charge >= 0.3 is 0 Å². The van der Waals surface area contributed by atoms with Crippen molar-refractivity contribution in [2.75, 3.05) is 5.75 Å². The van der Waals surface area contributed by atoms with E-state index < -0.39 is 9.84 Å². The molecule has 0 fully saturated rings. The van der Waals surface area contributed by atoms with Crippen molar-refractivity contribution >= 4 is 9.84 Å². The molecule has 0 saturated heterocycles. The van der Waals surface area contributed by atoms with Crippen LogP contribution in [0.5, 0.6) is 0 Å². The van der Waals surface area contributed by atoms with Gasteiger partial charge < -0.3 is 0 Å². The molecule has 0 aliphatic heterocycles. The first-order chi connectivity index (χ1) is 9.42. The van der Waals surface area contributed by atoms with E-state index in [4.69, 9.17) is 5.26 Å². The van der Waals surface area contributed by atoms with Crippen LogP contribution in [-0.2, 0) is 16.4 Å². The third-order valence-corrected chi connectivity index (χ3v) is 4.69. The van der Waals surface area contributed by atoms with Crippen LogP contribution in [0.15, 0.2) is 35.2 Å². The molecular weight excluding hydrogens is 274 g/mol. The van der Waals surface area contributed by atoms with Crippen molar-refractivity contribution in [2.24, 2.45) is 0 Å². The SMILES string of the molecule is Cc1cc(C)n(CCS(=O)(=O)c2cccc(C#N)c2)n1. The lowest BCUT2D eigenvalue weighted by Gasteiger charge is -2.06. The molecule has 0 N–H and O–H groups in total. The van der Waals surface area contributed by atoms with Crippen LogP contribution in [0.3, 0.4) is 0 Å². The fraction of sp³-hybridized carbons (Fsp3) is 0.286. The van der Waals surface area contributed by atoms with Crippen LogP contribution in [-0.4, -0.2) is 24.0 Å². The molecule has 1 aromatic heterocycles. The molecule has 0 amide bonds. The summed E-state index contributed by atoms with van der Waals surface area (Å²) in [5, 5.41) is 13.1. The zero-order chi connectivity index (χ0) is 14.8. The number of benzene rings is 1. The lowest BCUT2D eigenvalue weighted by molar-refractivity contribution is 0.576. The van der Waals surface area contributed by atoms with E-state index in [1.807, 2.05) is 26.0 Å². The predicted octanol–water partition coefficient (Wildman–Crippen LogP) is 1.85. The summed E-state index contributed by atoms with van der Waals surface area (Å²) >= 11 is 0. The molecule has 1 heterocycles. The molecule has 5 nitrogen and oxygen atoms in total. The van der Waals surface area contributed by atoms with E-state index >= 15 is 0 Å². The molecule has 0 atom stereocenters. The van der Waals surface area contributed by atoms with Gasteiger partial charge in [0.2, 0.25) is 0 Å². The smallest absolute Gasteiger partial charge is 0.180 e. The van der Waals surface area contributed by atoms with Crippen molar-refractivity contribution in [3.63, 3.8) is 0 Å². The maximum absolute atomic E-state index is 12.2. The number of aromatic nitrogens is 2. The van der Waals surface area contributed by atoms with Crippen LogP contribution in [0, 0.1) is 25.2 Å². The summed E-state index contributed by atoms with van der Waals surface area (Å²) < 4.78 is 26.2. The normalized spacial score (nSPS) is 11.2. The van der Waals surface area contributed by atoms with Crippen molar-refractivity contribution in [1.82, 2.24) is 9.78 Å². The number of aryl methyl sites for hydroxylation is 3. The highest BCUT2D eigenvalue weighted by Gasteiger charge is 2.15. The average Bonchev–Trinajstić information content (AvgIpc) is 2.75. The molecule has 0 saturated carbocycles. The van der Waals surface area contributed by atoms with Crippen LogP contribution in [0.2, 0.25) is 0 Å². The van der Waals surface area contributed by atoms with Gasteiger partial charge in [0.05, 0.1) is 34.5 Å². The average molecular weight is 289 g/mol. The van der Waals surface area contributed by atoms with Crippen molar-refractivity contribution in [1.29, 1.82) is 5.26 Å². The Morgan fingerprint density at radius 2 is 2.05 bits per heavy atom. The Labute approximate surface area is 118 Å². The minimum atomic E-state index is -3.41. The molecular formula is C14H15N3O2S. The van der Waals surface area contributed by atoms with E-state index in [9.17, 15) is 8.42 Å². The Hall–Kier alpha value is -2.13. The maximum atomic E-state index is 12.2. The first-order valence-corrected chi connectivity index (χ1v) is 7.81. The quantitative estimate of drug-likeness (QED) is 0.860. The van der Waals surface area contributed by atoms with Gasteiger partial charge in [-0.1, -0.05) is 6.07 Å². The van der Waals surface area contributed by atoms with Crippen molar-refractivity contribution in [2.45, 2.75) is 25.3 Å². The van der Waals surface area contributed by atoms with E-state index in [2.05, 4.69) is 5.10 Å². The zero-order valence-electron chi connectivity index (χ0n) is 11.4. The topological polar surface area (TPSA) is 75.8 Å². The Kier molecular flexibility index (Phi) is 3.91. The summed E-state index contributed by atoms with van der Waals surface area (Å²) in [5.41, 5.74) is 2.15. The number of nitriles is 1. The molecule has 0 aliphatic rings. The molecule has 0 aliphatic carbocycles. The molecule has 0 radical (unpaired) electrons. The van der Waals surface area contributed by atoms with Crippen LogP contribution >= 0.6 is 0 Å². The summed E-state index contributed by atoms with van der Waals surface area (Å²) in [7, 11) is -3.41. The Bertz CT molecular complexity index is 770. The van der Waals surface area contributed by atoms with E-state index in [1.165, 1.54) is 12.1 Å². The Morgan fingerprint density at radius 1 is 1.30 bits per heavy atom. The van der Waals surface area contributed by atoms with Gasteiger partial charge in [-0.2, -0.15) is 10.4 Å². The summed E-state index contributed by atoms with van der Waals surface area (Å²) in [6.45, 7) is 4.07. The van der Waals surface area contributed by atoms with Gasteiger partial charge in [0, 0.05) is 5.69 Å². The van der Waals surface area contributed by atoms with Gasteiger partial charge in [-0.25, -0.2) is 8.42 Å². The molecule has 104 valence electrons. The first kappa shape index (κ1) is 14.3. The monoisotopic (exact) mass is 289 g/mol. The van der Waals surface area contributed by atoms with E-state index in [1.54, 1.807) is 16.8 Å². The molecule has 6 heteroatoms. The number of rotatable bonds is 4. The first-order valence-electron chi connectivity index (χ1n) is 6.16. The van der Waals surface area contributed by atoms with E-state index in [0.29, 0.717) is 12.1 Å². The standard InChI is InChI=1S/C14H15N3O2S/c1-11-8-12(2)17(16-11)6-7-20(18,19)14-5-3-4-13(9-14)10-15/h3-5,8-9H,6-7H2,1-2H3. The van der Waals surface area contributed by atoms with Crippen LogP contribution in [0.4, 0.5) is 0 Å². The van der Waals surface area contributed by atoms with E-state index in [0.717, 1.165) is 11.4 Å². The van der Waals surface area contributed by atoms with Crippen LogP contribution < -0.4 is 0 Å². The second-order valence-electron chi connectivity index (χ2n) is 4.61. The molecule has 20 heavy (non-hydrogen) atoms. The van der Waals surface area contributed by atoms with Gasteiger partial charge in [0.25, 0.3) is 0 Å². The highest BCUT2D eigenvalue weighted by atomic mass is 32.2. The maximum Gasteiger partial charge on any atom is 0.180 e. The number of nitrogens with zero attached hydrogens (tertiary/aromatic N) is 3. The van der Waals surface area contributed by atoms with Gasteiger partial charge in [-0.05, 0) is 38.1 Å². The molecule has 2 aromatic rings. The summed E-state index contributed by atoms with van der Waals surface area (Å²) in [6, 6.07) is 9.92. The minimum absolute atomic E-state index is 0.0379. The van der Waals surface area contributed by atoms with Crippen molar-refractivity contribution in [3.8, 4) is 6.07 Å². The zero-order valence-corrected chi connectivity index (χ0v) is 12.2. The third kappa shape index (κ3) is 3.06. The highest BCUT2D eigenvalue weighted by molar-refractivity contribution is 7.91. The number of sulfone groups is 1. The van der Waals surface area contributed by atoms with Gasteiger partial charge in [0.15, 0.2) is 9.84 Å². The number of hydrogen-bond donors (Lipinski definition) is 0. The second kappa shape index (κ2) is 5.47. The highest BCUT2D eigenvalue weighted by Crippen LogP contribution is 2.14. The Morgan fingerprint density at radius 3 is 2.65 bits per heavy atom. The summed E-state index contributed by atoms with van der Waals surface area (Å²) in [4.78, 5) is 0.179. The second-order valence-corrected chi connectivity index (χ2v) is 6.72. The van der Waals surface area contributed by atoms with Crippen molar-refractivity contribution in [3.05, 3.63) is 47.3 Å². The molecule has 2 rings (SSSR count). The minimum Gasteiger partial charge on any atom is -0.269 e. The largest absolute Gasteiger partial charge is 0.269 e. The number of hydrogen-bond acceptors (Lipinski definition) is 4. The predicted molar refractivity (Wildman–Crippen MR) is 74.9 cm³/mol.